The lowest BCUT2D eigenvalue weighted by Crippen LogP contribution is -2.29. The molecule has 0 spiro atoms. The highest BCUT2D eigenvalue weighted by molar-refractivity contribution is 6.43. The lowest BCUT2D eigenvalue weighted by molar-refractivity contribution is -0.133. The third-order valence-electron chi connectivity index (χ3n) is 3.11. The third-order valence-corrected chi connectivity index (χ3v) is 3.11. The van der Waals surface area contributed by atoms with Gasteiger partial charge in [-0.15, -0.1) is 0 Å². The Bertz CT molecular complexity index is 887. The van der Waals surface area contributed by atoms with Crippen LogP contribution < -0.4 is 10.6 Å². The number of H-pyrrole nitrogens is 1. The van der Waals surface area contributed by atoms with Crippen molar-refractivity contribution in [2.45, 2.75) is 0 Å². The van der Waals surface area contributed by atoms with Crippen molar-refractivity contribution >= 4 is 34.1 Å². The number of aromatic amines is 1. The number of benzene rings is 2. The van der Waals surface area contributed by atoms with Crippen LogP contribution in [0.1, 0.15) is 0 Å². The number of carbonyl (C=O) groups excluding carboxylic acids is 2. The van der Waals surface area contributed by atoms with Gasteiger partial charge in [-0.25, -0.2) is 8.78 Å². The monoisotopic (exact) mass is 316 g/mol. The number of fused-ring (bicyclic) bond motifs is 1. The molecule has 116 valence electrons. The summed E-state index contributed by atoms with van der Waals surface area (Å²) in [6, 6.07) is 7.96. The molecular formula is C15H10F2N4O2. The highest BCUT2D eigenvalue weighted by atomic mass is 19.1. The molecule has 1 aromatic heterocycles. The topological polar surface area (TPSA) is 86.9 Å². The average molecular weight is 316 g/mol. The molecule has 0 fully saturated rings. The summed E-state index contributed by atoms with van der Waals surface area (Å²) in [5.74, 6) is -4.17. The Kier molecular flexibility index (Phi) is 3.71. The van der Waals surface area contributed by atoms with Gasteiger partial charge in [0.15, 0.2) is 0 Å². The zero-order valence-corrected chi connectivity index (χ0v) is 11.6. The maximum Gasteiger partial charge on any atom is 0.314 e. The van der Waals surface area contributed by atoms with Gasteiger partial charge in [-0.2, -0.15) is 5.10 Å². The Labute approximate surface area is 128 Å². The highest BCUT2D eigenvalue weighted by Gasteiger charge is 2.18. The van der Waals surface area contributed by atoms with Gasteiger partial charge in [-0.05, 0) is 30.3 Å². The van der Waals surface area contributed by atoms with Crippen molar-refractivity contribution in [2.75, 3.05) is 10.6 Å². The van der Waals surface area contributed by atoms with Crippen molar-refractivity contribution in [1.29, 1.82) is 0 Å². The number of nitrogens with one attached hydrogen (secondary N) is 3. The van der Waals surface area contributed by atoms with Crippen molar-refractivity contribution in [3.63, 3.8) is 0 Å². The zero-order chi connectivity index (χ0) is 16.4. The van der Waals surface area contributed by atoms with Crippen LogP contribution in [-0.4, -0.2) is 22.0 Å². The Morgan fingerprint density at radius 2 is 1.70 bits per heavy atom. The first kappa shape index (κ1) is 14.6. The van der Waals surface area contributed by atoms with E-state index in [-0.39, 0.29) is 0 Å². The van der Waals surface area contributed by atoms with Crippen molar-refractivity contribution in [3.05, 3.63) is 54.2 Å². The molecule has 0 bridgehead atoms. The number of aromatic nitrogens is 2. The highest BCUT2D eigenvalue weighted by Crippen LogP contribution is 2.19. The van der Waals surface area contributed by atoms with Gasteiger partial charge in [-0.1, -0.05) is 6.07 Å². The van der Waals surface area contributed by atoms with Gasteiger partial charge < -0.3 is 10.6 Å². The van der Waals surface area contributed by atoms with Crippen molar-refractivity contribution in [2.24, 2.45) is 0 Å². The van der Waals surface area contributed by atoms with Gasteiger partial charge in [0.2, 0.25) is 0 Å². The fraction of sp³-hybridized carbons (Fsp3) is 0. The standard InChI is InChI=1S/C15H10F2N4O2/c16-10-2-1-3-11(17)13(10)20-15(23)14(22)19-9-5-4-8-7-18-21-12(8)6-9/h1-7H,(H,18,21)(H,19,22)(H,20,23). The SMILES string of the molecule is O=C(Nc1ccc2cn[nH]c2c1)C(=O)Nc1c(F)cccc1F. The minimum atomic E-state index is -1.18. The molecule has 0 saturated carbocycles. The molecule has 3 aromatic rings. The number of para-hydroxylation sites is 1. The van der Waals surface area contributed by atoms with E-state index in [0.717, 1.165) is 23.6 Å². The molecule has 2 aromatic carbocycles. The van der Waals surface area contributed by atoms with Crippen LogP contribution in [0.25, 0.3) is 10.9 Å². The van der Waals surface area contributed by atoms with Crippen LogP contribution in [0.4, 0.5) is 20.2 Å². The summed E-state index contributed by atoms with van der Waals surface area (Å²) >= 11 is 0. The second kappa shape index (κ2) is 5.84. The zero-order valence-electron chi connectivity index (χ0n) is 11.6. The van der Waals surface area contributed by atoms with Crippen LogP contribution >= 0.6 is 0 Å². The van der Waals surface area contributed by atoms with Crippen LogP contribution in [0.2, 0.25) is 0 Å². The number of rotatable bonds is 2. The van der Waals surface area contributed by atoms with E-state index < -0.39 is 29.1 Å². The van der Waals surface area contributed by atoms with E-state index in [4.69, 9.17) is 0 Å². The number of carbonyl (C=O) groups is 2. The van der Waals surface area contributed by atoms with Crippen LogP contribution in [0.5, 0.6) is 0 Å². The van der Waals surface area contributed by atoms with Gasteiger partial charge in [0.25, 0.3) is 0 Å². The molecule has 0 aliphatic carbocycles. The minimum absolute atomic E-state index is 0.343. The Balaban J connectivity index is 1.73. The van der Waals surface area contributed by atoms with Crippen LogP contribution in [-0.2, 0) is 9.59 Å². The summed E-state index contributed by atoms with van der Waals surface area (Å²) in [6.45, 7) is 0. The van der Waals surface area contributed by atoms with Crippen molar-refractivity contribution in [3.8, 4) is 0 Å². The minimum Gasteiger partial charge on any atom is -0.318 e. The second-order valence-electron chi connectivity index (χ2n) is 4.68. The smallest absolute Gasteiger partial charge is 0.314 e. The predicted molar refractivity (Wildman–Crippen MR) is 79.7 cm³/mol. The number of anilines is 2. The number of hydrogen-bond acceptors (Lipinski definition) is 3. The molecule has 3 N–H and O–H groups in total. The normalized spacial score (nSPS) is 10.5. The molecule has 8 heteroatoms. The van der Waals surface area contributed by atoms with Crippen LogP contribution in [0.3, 0.4) is 0 Å². The fourth-order valence-corrected chi connectivity index (χ4v) is 1.99. The number of amides is 2. The molecule has 0 radical (unpaired) electrons. The maximum absolute atomic E-state index is 13.4. The van der Waals surface area contributed by atoms with Gasteiger partial charge in [0.1, 0.15) is 17.3 Å². The summed E-state index contributed by atoms with van der Waals surface area (Å²) < 4.78 is 26.9. The Morgan fingerprint density at radius 1 is 1.00 bits per heavy atom. The molecule has 0 aliphatic rings. The molecule has 0 aliphatic heterocycles. The molecule has 1 heterocycles. The van der Waals surface area contributed by atoms with Crippen molar-refractivity contribution in [1.82, 2.24) is 10.2 Å². The van der Waals surface area contributed by atoms with E-state index in [0.29, 0.717) is 11.2 Å². The van der Waals surface area contributed by atoms with Gasteiger partial charge in [0.05, 0.1) is 11.7 Å². The first-order chi connectivity index (χ1) is 11.0. The molecule has 2 amide bonds. The molecule has 0 atom stereocenters. The predicted octanol–water partition coefficient (Wildman–Crippen LogP) is 2.42. The maximum atomic E-state index is 13.4. The van der Waals surface area contributed by atoms with E-state index in [1.807, 2.05) is 5.32 Å². The van der Waals surface area contributed by atoms with E-state index in [1.54, 1.807) is 24.4 Å². The number of hydrogen-bond donors (Lipinski definition) is 3. The lowest BCUT2D eigenvalue weighted by Gasteiger charge is -2.08. The van der Waals surface area contributed by atoms with E-state index >= 15 is 0 Å². The van der Waals surface area contributed by atoms with Gasteiger partial charge in [0, 0.05) is 11.1 Å². The molecule has 0 saturated heterocycles. The first-order valence-electron chi connectivity index (χ1n) is 6.54. The lowest BCUT2D eigenvalue weighted by atomic mass is 10.2. The quantitative estimate of drug-likeness (QED) is 0.635. The largest absolute Gasteiger partial charge is 0.318 e. The van der Waals surface area contributed by atoms with Crippen molar-refractivity contribution < 1.29 is 18.4 Å². The Hall–Kier alpha value is -3.29. The second-order valence-corrected chi connectivity index (χ2v) is 4.68. The van der Waals surface area contributed by atoms with Gasteiger partial charge in [-0.3, -0.25) is 14.7 Å². The molecule has 6 nitrogen and oxygen atoms in total. The van der Waals surface area contributed by atoms with Crippen LogP contribution in [0.15, 0.2) is 42.6 Å². The van der Waals surface area contributed by atoms with Crippen LogP contribution in [0, 0.1) is 11.6 Å². The summed E-state index contributed by atoms with van der Waals surface area (Å²) in [6.07, 6.45) is 1.61. The first-order valence-corrected chi connectivity index (χ1v) is 6.54. The van der Waals surface area contributed by atoms with Gasteiger partial charge >= 0.3 is 11.8 Å². The van der Waals surface area contributed by atoms with E-state index in [9.17, 15) is 18.4 Å². The molecule has 3 rings (SSSR count). The fourth-order valence-electron chi connectivity index (χ4n) is 1.99. The summed E-state index contributed by atoms with van der Waals surface area (Å²) in [5, 5.41) is 11.6. The Morgan fingerprint density at radius 3 is 2.43 bits per heavy atom. The number of halogens is 2. The molecular weight excluding hydrogens is 306 g/mol. The molecule has 23 heavy (non-hydrogen) atoms. The van der Waals surface area contributed by atoms with E-state index in [1.165, 1.54) is 0 Å². The average Bonchev–Trinajstić information content (AvgIpc) is 2.98. The summed E-state index contributed by atoms with van der Waals surface area (Å²) in [5.41, 5.74) is 0.343. The number of nitrogens with zero attached hydrogens (tertiary/aromatic N) is 1. The third kappa shape index (κ3) is 3.00. The summed E-state index contributed by atoms with van der Waals surface area (Å²) in [7, 11) is 0. The molecule has 0 unspecified atom stereocenters. The summed E-state index contributed by atoms with van der Waals surface area (Å²) in [4.78, 5) is 23.6. The van der Waals surface area contributed by atoms with E-state index in [2.05, 4.69) is 15.5 Å².